The second-order valence-corrected chi connectivity index (χ2v) is 4.11. The van der Waals surface area contributed by atoms with Gasteiger partial charge in [0, 0.05) is 7.05 Å². The molecule has 0 spiro atoms. The Morgan fingerprint density at radius 3 is 2.50 bits per heavy atom. The third kappa shape index (κ3) is 2.36. The quantitative estimate of drug-likeness (QED) is 0.802. The molecule has 0 saturated heterocycles. The highest BCUT2D eigenvalue weighted by Gasteiger charge is 2.21. The second-order valence-electron chi connectivity index (χ2n) is 3.26. The van der Waals surface area contributed by atoms with Gasteiger partial charge in [-0.1, -0.05) is 6.07 Å². The maximum atomic E-state index is 12.0. The van der Waals surface area contributed by atoms with E-state index in [9.17, 15) is 4.79 Å². The maximum Gasteiger partial charge on any atom is 0.281 e. The van der Waals surface area contributed by atoms with Crippen LogP contribution in [0.5, 0.6) is 5.75 Å². The molecule has 88 valence electrons. The number of amides is 1. The minimum absolute atomic E-state index is 0.238. The number of rotatable bonds is 3. The molecular weight excluding hydrogens is 274 g/mol. The minimum atomic E-state index is -0.238. The summed E-state index contributed by atoms with van der Waals surface area (Å²) in [7, 11) is 4.53. The molecule has 0 unspecified atom stereocenters. The summed E-state index contributed by atoms with van der Waals surface area (Å²) in [6, 6.07) is 3.70. The van der Waals surface area contributed by atoms with Crippen molar-refractivity contribution in [3.63, 3.8) is 0 Å². The summed E-state index contributed by atoms with van der Waals surface area (Å²) in [6.45, 7) is 1.85. The number of ether oxygens (including phenoxy) is 1. The number of benzene rings is 1. The Morgan fingerprint density at radius 1 is 1.38 bits per heavy atom. The van der Waals surface area contributed by atoms with Gasteiger partial charge in [0.25, 0.3) is 5.91 Å². The highest BCUT2D eigenvalue weighted by Crippen LogP contribution is 2.32. The fourth-order valence-electron chi connectivity index (χ4n) is 1.36. The van der Waals surface area contributed by atoms with Crippen LogP contribution in [0, 0.1) is 6.92 Å². The Kier molecular flexibility index (Phi) is 4.32. The van der Waals surface area contributed by atoms with Crippen molar-refractivity contribution in [2.75, 3.05) is 21.3 Å². The second kappa shape index (κ2) is 5.32. The predicted octanol–water partition coefficient (Wildman–Crippen LogP) is 2.40. The first-order chi connectivity index (χ1) is 7.52. The highest BCUT2D eigenvalue weighted by molar-refractivity contribution is 9.10. The zero-order valence-electron chi connectivity index (χ0n) is 9.70. The topological polar surface area (TPSA) is 38.8 Å². The van der Waals surface area contributed by atoms with Gasteiger partial charge in [0.15, 0.2) is 0 Å². The molecule has 0 aliphatic carbocycles. The lowest BCUT2D eigenvalue weighted by Gasteiger charge is -2.18. The third-order valence-electron chi connectivity index (χ3n) is 2.30. The van der Waals surface area contributed by atoms with Gasteiger partial charge in [-0.25, -0.2) is 5.06 Å². The molecule has 1 aromatic carbocycles. The van der Waals surface area contributed by atoms with Gasteiger partial charge in [-0.3, -0.25) is 9.63 Å². The molecule has 0 heterocycles. The first kappa shape index (κ1) is 13.0. The molecule has 0 aliphatic rings. The van der Waals surface area contributed by atoms with E-state index in [4.69, 9.17) is 9.57 Å². The molecule has 0 aliphatic heterocycles. The van der Waals surface area contributed by atoms with Crippen molar-refractivity contribution in [1.29, 1.82) is 0 Å². The van der Waals surface area contributed by atoms with Gasteiger partial charge in [-0.05, 0) is 34.5 Å². The van der Waals surface area contributed by atoms with Gasteiger partial charge < -0.3 is 4.74 Å². The van der Waals surface area contributed by atoms with Crippen molar-refractivity contribution in [2.45, 2.75) is 6.92 Å². The number of halogens is 1. The van der Waals surface area contributed by atoms with Gasteiger partial charge in [-0.15, -0.1) is 0 Å². The van der Waals surface area contributed by atoms with E-state index in [1.807, 2.05) is 19.1 Å². The number of aryl methyl sites for hydroxylation is 1. The van der Waals surface area contributed by atoms with E-state index >= 15 is 0 Å². The number of hydrogen-bond donors (Lipinski definition) is 0. The summed E-state index contributed by atoms with van der Waals surface area (Å²) in [4.78, 5) is 16.9. The van der Waals surface area contributed by atoms with Crippen LogP contribution in [0.25, 0.3) is 0 Å². The number of methoxy groups -OCH3 is 1. The van der Waals surface area contributed by atoms with Crippen LogP contribution in [-0.2, 0) is 4.84 Å². The van der Waals surface area contributed by atoms with Crippen molar-refractivity contribution in [3.05, 3.63) is 27.7 Å². The molecule has 0 saturated carbocycles. The van der Waals surface area contributed by atoms with Gasteiger partial charge in [-0.2, -0.15) is 0 Å². The van der Waals surface area contributed by atoms with E-state index < -0.39 is 0 Å². The van der Waals surface area contributed by atoms with E-state index in [2.05, 4.69) is 15.9 Å². The summed E-state index contributed by atoms with van der Waals surface area (Å²) in [5.74, 6) is 0.284. The molecule has 0 fully saturated rings. The van der Waals surface area contributed by atoms with E-state index in [1.165, 1.54) is 14.2 Å². The summed E-state index contributed by atoms with van der Waals surface area (Å²) >= 11 is 3.34. The standard InChI is InChI=1S/C11H14BrNO3/c1-7-5-6-8(12)10(15-3)9(7)11(14)13(2)16-4/h5-6H,1-4H3. The van der Waals surface area contributed by atoms with Gasteiger partial charge in [0.2, 0.25) is 0 Å². The van der Waals surface area contributed by atoms with Crippen LogP contribution in [0.2, 0.25) is 0 Å². The smallest absolute Gasteiger partial charge is 0.281 e. The van der Waals surface area contributed by atoms with E-state index in [0.717, 1.165) is 15.1 Å². The fourth-order valence-corrected chi connectivity index (χ4v) is 1.85. The summed E-state index contributed by atoms with van der Waals surface area (Å²) < 4.78 is 5.97. The van der Waals surface area contributed by atoms with Crippen molar-refractivity contribution >= 4 is 21.8 Å². The number of carbonyl (C=O) groups is 1. The lowest BCUT2D eigenvalue weighted by atomic mass is 10.1. The van der Waals surface area contributed by atoms with Crippen LogP contribution < -0.4 is 4.74 Å². The Bertz CT molecular complexity index is 406. The van der Waals surface area contributed by atoms with Crippen molar-refractivity contribution in [3.8, 4) is 5.75 Å². The molecule has 5 heteroatoms. The van der Waals surface area contributed by atoms with Crippen LogP contribution in [0.1, 0.15) is 15.9 Å². The molecule has 0 radical (unpaired) electrons. The fraction of sp³-hybridized carbons (Fsp3) is 0.364. The van der Waals surface area contributed by atoms with Crippen molar-refractivity contribution in [1.82, 2.24) is 5.06 Å². The molecular formula is C11H14BrNO3. The highest BCUT2D eigenvalue weighted by atomic mass is 79.9. The van der Waals surface area contributed by atoms with Gasteiger partial charge in [0.1, 0.15) is 5.75 Å². The molecule has 1 amide bonds. The van der Waals surface area contributed by atoms with Crippen molar-refractivity contribution in [2.24, 2.45) is 0 Å². The van der Waals surface area contributed by atoms with E-state index in [-0.39, 0.29) is 5.91 Å². The normalized spacial score (nSPS) is 10.1. The molecule has 1 rings (SSSR count). The first-order valence-electron chi connectivity index (χ1n) is 4.68. The largest absolute Gasteiger partial charge is 0.495 e. The predicted molar refractivity (Wildman–Crippen MR) is 64.5 cm³/mol. The Labute approximate surface area is 103 Å². The van der Waals surface area contributed by atoms with Gasteiger partial charge >= 0.3 is 0 Å². The molecule has 16 heavy (non-hydrogen) atoms. The summed E-state index contributed by atoms with van der Waals surface area (Å²) in [5.41, 5.74) is 1.34. The zero-order chi connectivity index (χ0) is 12.3. The van der Waals surface area contributed by atoms with Crippen LogP contribution >= 0.6 is 15.9 Å². The molecule has 0 N–H and O–H groups in total. The maximum absolute atomic E-state index is 12.0. The molecule has 4 nitrogen and oxygen atoms in total. The third-order valence-corrected chi connectivity index (χ3v) is 2.92. The Hall–Kier alpha value is -1.07. The average molecular weight is 288 g/mol. The lowest BCUT2D eigenvalue weighted by molar-refractivity contribution is -0.0758. The van der Waals surface area contributed by atoms with E-state index in [0.29, 0.717) is 11.3 Å². The zero-order valence-corrected chi connectivity index (χ0v) is 11.3. The summed E-state index contributed by atoms with van der Waals surface area (Å²) in [5, 5.41) is 1.16. The number of hydrogen-bond acceptors (Lipinski definition) is 3. The number of carbonyl (C=O) groups excluding carboxylic acids is 1. The van der Waals surface area contributed by atoms with Crippen LogP contribution in [0.4, 0.5) is 0 Å². The number of nitrogens with zero attached hydrogens (tertiary/aromatic N) is 1. The van der Waals surface area contributed by atoms with Gasteiger partial charge in [0.05, 0.1) is 24.3 Å². The molecule has 0 bridgehead atoms. The summed E-state index contributed by atoms with van der Waals surface area (Å²) in [6.07, 6.45) is 0. The van der Waals surface area contributed by atoms with Crippen LogP contribution in [-0.4, -0.2) is 32.2 Å². The Balaban J connectivity index is 3.31. The van der Waals surface area contributed by atoms with Crippen molar-refractivity contribution < 1.29 is 14.4 Å². The molecule has 1 aromatic rings. The minimum Gasteiger partial charge on any atom is -0.495 e. The molecule has 0 aromatic heterocycles. The monoisotopic (exact) mass is 287 g/mol. The Morgan fingerprint density at radius 2 is 2.00 bits per heavy atom. The SMILES string of the molecule is COc1c(Br)ccc(C)c1C(=O)N(C)OC. The average Bonchev–Trinajstić information content (AvgIpc) is 2.29. The first-order valence-corrected chi connectivity index (χ1v) is 5.47. The van der Waals surface area contributed by atoms with Crippen LogP contribution in [0.15, 0.2) is 16.6 Å². The van der Waals surface area contributed by atoms with E-state index in [1.54, 1.807) is 7.05 Å². The van der Waals surface area contributed by atoms with Crippen LogP contribution in [0.3, 0.4) is 0 Å². The molecule has 0 atom stereocenters. The number of hydroxylamine groups is 2. The lowest BCUT2D eigenvalue weighted by Crippen LogP contribution is -2.26.